The maximum absolute atomic E-state index is 12.6. The molecule has 152 valence electrons. The Labute approximate surface area is 173 Å². The van der Waals surface area contributed by atoms with Gasteiger partial charge in [0.2, 0.25) is 11.8 Å². The zero-order valence-corrected chi connectivity index (χ0v) is 17.2. The van der Waals surface area contributed by atoms with E-state index in [0.29, 0.717) is 30.1 Å². The quantitative estimate of drug-likeness (QED) is 0.758. The van der Waals surface area contributed by atoms with E-state index in [-0.39, 0.29) is 24.2 Å². The summed E-state index contributed by atoms with van der Waals surface area (Å²) < 4.78 is 5.37. The summed E-state index contributed by atoms with van der Waals surface area (Å²) in [7, 11) is 1.60. The number of nitrogens with one attached hydrogen (secondary N) is 1. The minimum atomic E-state index is -0.532. The second-order valence-corrected chi connectivity index (χ2v) is 8.04. The number of carbonyl (C=O) groups is 2. The molecule has 1 aromatic heterocycles. The molecule has 7 nitrogen and oxygen atoms in total. The zero-order valence-electron chi connectivity index (χ0n) is 16.4. The average Bonchev–Trinajstić information content (AvgIpc) is 3.08. The summed E-state index contributed by atoms with van der Waals surface area (Å²) in [4.78, 5) is 26.8. The molecule has 0 bridgehead atoms. The topological polar surface area (TPSA) is 103 Å². The van der Waals surface area contributed by atoms with Crippen molar-refractivity contribution in [2.75, 3.05) is 25.6 Å². The molecule has 0 saturated heterocycles. The number of carbonyl (C=O) groups excluding carboxylic acids is 2. The van der Waals surface area contributed by atoms with Crippen molar-refractivity contribution in [3.8, 4) is 11.8 Å². The molecule has 0 spiro atoms. The minimum Gasteiger partial charge on any atom is -0.496 e. The molecule has 0 radical (unpaired) electrons. The summed E-state index contributed by atoms with van der Waals surface area (Å²) in [5, 5.41) is 22.1. The Bertz CT molecular complexity index is 963. The summed E-state index contributed by atoms with van der Waals surface area (Å²) >= 11 is 1.32. The van der Waals surface area contributed by atoms with E-state index in [9.17, 15) is 14.9 Å². The molecule has 3 rings (SSSR count). The molecular weight excluding hydrogens is 390 g/mol. The third-order valence-electron chi connectivity index (χ3n) is 5.07. The van der Waals surface area contributed by atoms with Gasteiger partial charge < -0.3 is 20.1 Å². The lowest BCUT2D eigenvalue weighted by Gasteiger charge is -2.26. The predicted molar refractivity (Wildman–Crippen MR) is 110 cm³/mol. The molecule has 1 aromatic carbocycles. The average molecular weight is 413 g/mol. The van der Waals surface area contributed by atoms with Crippen molar-refractivity contribution < 1.29 is 19.4 Å². The summed E-state index contributed by atoms with van der Waals surface area (Å²) in [5.41, 5.74) is 2.31. The zero-order chi connectivity index (χ0) is 21.0. The van der Waals surface area contributed by atoms with Crippen molar-refractivity contribution in [2.45, 2.75) is 32.2 Å². The van der Waals surface area contributed by atoms with Crippen LogP contribution in [-0.2, 0) is 22.6 Å². The van der Waals surface area contributed by atoms with Crippen molar-refractivity contribution in [1.29, 1.82) is 5.26 Å². The SMILES string of the molecule is COc1ccccc1C(C)CC(=O)Nc1sc2c(c1C#N)CCN(C(=O)CO)C2. The number of nitriles is 1. The van der Waals surface area contributed by atoms with Gasteiger partial charge in [-0.1, -0.05) is 25.1 Å². The molecule has 8 heteroatoms. The number of ether oxygens (including phenoxy) is 1. The van der Waals surface area contributed by atoms with E-state index in [1.54, 1.807) is 12.0 Å². The van der Waals surface area contributed by atoms with Crippen LogP contribution >= 0.6 is 11.3 Å². The minimum absolute atomic E-state index is 0.0519. The molecule has 29 heavy (non-hydrogen) atoms. The molecule has 2 heterocycles. The number of fused-ring (bicyclic) bond motifs is 1. The Morgan fingerprint density at radius 2 is 2.17 bits per heavy atom. The largest absolute Gasteiger partial charge is 0.496 e. The van der Waals surface area contributed by atoms with Crippen LogP contribution in [0, 0.1) is 11.3 Å². The number of methoxy groups -OCH3 is 1. The summed E-state index contributed by atoms with van der Waals surface area (Å²) in [6.45, 7) is 2.23. The van der Waals surface area contributed by atoms with Gasteiger partial charge in [-0.05, 0) is 29.5 Å². The van der Waals surface area contributed by atoms with Crippen molar-refractivity contribution in [3.63, 3.8) is 0 Å². The smallest absolute Gasteiger partial charge is 0.248 e. The normalized spacial score (nSPS) is 13.9. The Morgan fingerprint density at radius 3 is 2.86 bits per heavy atom. The molecule has 0 fully saturated rings. The van der Waals surface area contributed by atoms with E-state index < -0.39 is 6.61 Å². The highest BCUT2D eigenvalue weighted by atomic mass is 32.1. The number of hydrogen-bond acceptors (Lipinski definition) is 6. The standard InChI is InChI=1S/C21H23N3O4S/c1-13(14-5-3-4-6-17(14)28-2)9-19(26)23-21-16(10-22)15-7-8-24(20(27)12-25)11-18(15)29-21/h3-6,13,25H,7-9,11-12H2,1-2H3,(H,23,26). The predicted octanol–water partition coefficient (Wildman–Crippen LogP) is 2.64. The fraction of sp³-hybridized carbons (Fsp3) is 0.381. The summed E-state index contributed by atoms with van der Waals surface area (Å²) in [6.07, 6.45) is 0.789. The molecule has 1 atom stereocenters. The number of para-hydroxylation sites is 1. The van der Waals surface area contributed by atoms with Crippen LogP contribution in [0.15, 0.2) is 24.3 Å². The molecule has 0 aliphatic carbocycles. The second kappa shape index (κ2) is 9.07. The molecular formula is C21H23N3O4S. The number of rotatable bonds is 6. The molecule has 2 N–H and O–H groups in total. The van der Waals surface area contributed by atoms with Gasteiger partial charge in [0.05, 0.1) is 19.2 Å². The molecule has 1 aliphatic heterocycles. The van der Waals surface area contributed by atoms with Crippen LogP contribution < -0.4 is 10.1 Å². The molecule has 1 unspecified atom stereocenters. The third-order valence-corrected chi connectivity index (χ3v) is 6.20. The van der Waals surface area contributed by atoms with Gasteiger partial charge >= 0.3 is 0 Å². The lowest BCUT2D eigenvalue weighted by Crippen LogP contribution is -2.37. The van der Waals surface area contributed by atoms with Crippen LogP contribution in [0.1, 0.15) is 40.8 Å². The molecule has 0 saturated carbocycles. The van der Waals surface area contributed by atoms with Crippen LogP contribution in [-0.4, -0.2) is 42.1 Å². The number of hydrogen-bond donors (Lipinski definition) is 2. The van der Waals surface area contributed by atoms with Gasteiger partial charge in [-0.3, -0.25) is 9.59 Å². The first-order chi connectivity index (χ1) is 14.0. The van der Waals surface area contributed by atoms with E-state index in [1.807, 2.05) is 31.2 Å². The third kappa shape index (κ3) is 4.42. The van der Waals surface area contributed by atoms with Crippen molar-refractivity contribution >= 4 is 28.2 Å². The fourth-order valence-corrected chi connectivity index (χ4v) is 4.79. The van der Waals surface area contributed by atoms with E-state index in [4.69, 9.17) is 9.84 Å². The van der Waals surface area contributed by atoms with E-state index in [1.165, 1.54) is 11.3 Å². The van der Waals surface area contributed by atoms with Crippen LogP contribution in [0.2, 0.25) is 0 Å². The highest BCUT2D eigenvalue weighted by Gasteiger charge is 2.27. The van der Waals surface area contributed by atoms with Crippen molar-refractivity contribution in [3.05, 3.63) is 45.8 Å². The van der Waals surface area contributed by atoms with E-state index in [0.717, 1.165) is 21.8 Å². The summed E-state index contributed by atoms with van der Waals surface area (Å²) in [5.74, 6) is 0.176. The first-order valence-corrected chi connectivity index (χ1v) is 10.2. The fourth-order valence-electron chi connectivity index (χ4n) is 3.56. The Hall–Kier alpha value is -2.89. The van der Waals surface area contributed by atoms with Crippen LogP contribution in [0.25, 0.3) is 0 Å². The van der Waals surface area contributed by atoms with E-state index in [2.05, 4.69) is 11.4 Å². The van der Waals surface area contributed by atoms with Gasteiger partial charge in [-0.25, -0.2) is 0 Å². The number of aliphatic hydroxyl groups excluding tert-OH is 1. The van der Waals surface area contributed by atoms with Gasteiger partial charge in [0, 0.05) is 17.8 Å². The highest BCUT2D eigenvalue weighted by molar-refractivity contribution is 7.16. The van der Waals surface area contributed by atoms with Crippen molar-refractivity contribution in [2.24, 2.45) is 0 Å². The number of nitrogens with zero attached hydrogens (tertiary/aromatic N) is 2. The Balaban J connectivity index is 1.73. The Kier molecular flexibility index (Phi) is 6.52. The van der Waals surface area contributed by atoms with Gasteiger partial charge in [-0.2, -0.15) is 5.26 Å². The first-order valence-electron chi connectivity index (χ1n) is 9.34. The van der Waals surface area contributed by atoms with Crippen LogP contribution in [0.4, 0.5) is 5.00 Å². The van der Waals surface area contributed by atoms with Crippen LogP contribution in [0.3, 0.4) is 0 Å². The maximum atomic E-state index is 12.6. The highest BCUT2D eigenvalue weighted by Crippen LogP contribution is 2.37. The number of thiophene rings is 1. The first kappa shape index (κ1) is 20.8. The molecule has 2 aromatic rings. The maximum Gasteiger partial charge on any atom is 0.248 e. The van der Waals surface area contributed by atoms with Gasteiger partial charge in [0.25, 0.3) is 0 Å². The second-order valence-electron chi connectivity index (χ2n) is 6.94. The summed E-state index contributed by atoms with van der Waals surface area (Å²) in [6, 6.07) is 9.79. The van der Waals surface area contributed by atoms with Gasteiger partial charge in [-0.15, -0.1) is 11.3 Å². The van der Waals surface area contributed by atoms with Gasteiger partial charge in [0.1, 0.15) is 23.4 Å². The lowest BCUT2D eigenvalue weighted by molar-refractivity contribution is -0.135. The van der Waals surface area contributed by atoms with Gasteiger partial charge in [0.15, 0.2) is 0 Å². The number of amides is 2. The van der Waals surface area contributed by atoms with E-state index >= 15 is 0 Å². The van der Waals surface area contributed by atoms with Crippen molar-refractivity contribution in [1.82, 2.24) is 4.90 Å². The lowest BCUT2D eigenvalue weighted by atomic mass is 9.96. The number of anilines is 1. The number of benzene rings is 1. The number of aliphatic hydroxyl groups is 1. The monoisotopic (exact) mass is 413 g/mol. The van der Waals surface area contributed by atoms with Crippen LogP contribution in [0.5, 0.6) is 5.75 Å². The Morgan fingerprint density at radius 1 is 1.41 bits per heavy atom. The molecule has 2 amide bonds. The molecule has 1 aliphatic rings.